The minimum atomic E-state index is -0.499. The Bertz CT molecular complexity index is 630. The number of benzene rings is 1. The summed E-state index contributed by atoms with van der Waals surface area (Å²) in [4.78, 5) is 14.0. The van der Waals surface area contributed by atoms with Gasteiger partial charge in [-0.3, -0.25) is 4.90 Å². The Kier molecular flexibility index (Phi) is 3.51. The van der Waals surface area contributed by atoms with E-state index in [-0.39, 0.29) is 12.1 Å². The third-order valence-corrected chi connectivity index (χ3v) is 3.77. The molecule has 0 saturated heterocycles. The van der Waals surface area contributed by atoms with Crippen LogP contribution in [-0.4, -0.2) is 42.9 Å². The molecule has 0 fully saturated rings. The SMILES string of the molecule is COc1ccc2c(c1)OCC1C2=CCN1C(=O)OC(C)(C)C. The maximum Gasteiger partial charge on any atom is 0.411 e. The van der Waals surface area contributed by atoms with E-state index in [2.05, 4.69) is 6.08 Å². The van der Waals surface area contributed by atoms with E-state index >= 15 is 0 Å². The molecule has 3 rings (SSSR count). The lowest BCUT2D eigenvalue weighted by atomic mass is 9.97. The first-order valence-electron chi connectivity index (χ1n) is 7.40. The number of hydrogen-bond donors (Lipinski definition) is 0. The van der Waals surface area contributed by atoms with Gasteiger partial charge in [0.2, 0.25) is 0 Å². The molecular weight excluding hydrogens is 282 g/mol. The number of fused-ring (bicyclic) bond motifs is 3. The maximum atomic E-state index is 12.3. The lowest BCUT2D eigenvalue weighted by molar-refractivity contribution is 0.0208. The highest BCUT2D eigenvalue weighted by Crippen LogP contribution is 2.40. The van der Waals surface area contributed by atoms with Gasteiger partial charge < -0.3 is 14.2 Å². The predicted octanol–water partition coefficient (Wildman–Crippen LogP) is 3.09. The molecule has 0 saturated carbocycles. The first-order valence-corrected chi connectivity index (χ1v) is 7.40. The normalized spacial score (nSPS) is 19.7. The van der Waals surface area contributed by atoms with Gasteiger partial charge in [-0.15, -0.1) is 0 Å². The van der Waals surface area contributed by atoms with Crippen molar-refractivity contribution in [1.82, 2.24) is 4.90 Å². The molecule has 0 bridgehead atoms. The number of hydrogen-bond acceptors (Lipinski definition) is 4. The number of carbonyl (C=O) groups excluding carboxylic acids is 1. The highest BCUT2D eigenvalue weighted by Gasteiger charge is 2.38. The Hall–Kier alpha value is -2.17. The molecule has 118 valence electrons. The third-order valence-electron chi connectivity index (χ3n) is 3.77. The van der Waals surface area contributed by atoms with E-state index in [1.54, 1.807) is 12.0 Å². The molecule has 1 atom stereocenters. The van der Waals surface area contributed by atoms with Crippen LogP contribution in [0.4, 0.5) is 4.79 Å². The van der Waals surface area contributed by atoms with E-state index < -0.39 is 5.60 Å². The smallest absolute Gasteiger partial charge is 0.411 e. The number of amides is 1. The molecule has 2 aliphatic heterocycles. The monoisotopic (exact) mass is 303 g/mol. The first kappa shape index (κ1) is 14.8. The molecule has 0 aliphatic carbocycles. The van der Waals surface area contributed by atoms with Crippen LogP contribution in [0.1, 0.15) is 26.3 Å². The van der Waals surface area contributed by atoms with Crippen LogP contribution < -0.4 is 9.47 Å². The zero-order valence-corrected chi connectivity index (χ0v) is 13.4. The summed E-state index contributed by atoms with van der Waals surface area (Å²) >= 11 is 0. The van der Waals surface area contributed by atoms with Gasteiger partial charge in [0.05, 0.1) is 13.2 Å². The predicted molar refractivity (Wildman–Crippen MR) is 83.2 cm³/mol. The standard InChI is InChI=1S/C17H21NO4/c1-17(2,3)22-16(19)18-8-7-12-13-6-5-11(20-4)9-15(13)21-10-14(12)18/h5-7,9,14H,8,10H2,1-4H3. The molecule has 1 aromatic carbocycles. The van der Waals surface area contributed by atoms with Gasteiger partial charge in [-0.2, -0.15) is 0 Å². The molecule has 22 heavy (non-hydrogen) atoms. The molecule has 1 unspecified atom stereocenters. The van der Waals surface area contributed by atoms with Crippen molar-refractivity contribution in [2.45, 2.75) is 32.4 Å². The fourth-order valence-electron chi connectivity index (χ4n) is 2.78. The van der Waals surface area contributed by atoms with Crippen LogP contribution >= 0.6 is 0 Å². The summed E-state index contributed by atoms with van der Waals surface area (Å²) in [7, 11) is 1.63. The van der Waals surface area contributed by atoms with Crippen molar-refractivity contribution in [2.75, 3.05) is 20.3 Å². The Labute approximate surface area is 130 Å². The molecule has 2 aliphatic rings. The van der Waals surface area contributed by atoms with Crippen molar-refractivity contribution < 1.29 is 19.0 Å². The third kappa shape index (κ3) is 2.63. The van der Waals surface area contributed by atoms with Gasteiger partial charge in [0.25, 0.3) is 0 Å². The second kappa shape index (κ2) is 5.23. The van der Waals surface area contributed by atoms with Gasteiger partial charge in [0.15, 0.2) is 0 Å². The molecule has 1 aromatic rings. The van der Waals surface area contributed by atoms with Gasteiger partial charge in [0, 0.05) is 18.2 Å². The van der Waals surface area contributed by atoms with Crippen molar-refractivity contribution in [3.05, 3.63) is 29.8 Å². The average Bonchev–Trinajstić information content (AvgIpc) is 2.89. The van der Waals surface area contributed by atoms with Gasteiger partial charge >= 0.3 is 6.09 Å². The van der Waals surface area contributed by atoms with Gasteiger partial charge in [0.1, 0.15) is 23.7 Å². The summed E-state index contributed by atoms with van der Waals surface area (Å²) in [5, 5.41) is 0. The van der Waals surface area contributed by atoms with Crippen molar-refractivity contribution in [2.24, 2.45) is 0 Å². The summed E-state index contributed by atoms with van der Waals surface area (Å²) in [5.74, 6) is 1.56. The molecule has 2 heterocycles. The van der Waals surface area contributed by atoms with Gasteiger partial charge in [-0.05, 0) is 38.5 Å². The molecular formula is C17H21NO4. The number of rotatable bonds is 1. The first-order chi connectivity index (χ1) is 10.4. The van der Waals surface area contributed by atoms with Crippen LogP contribution in [0.5, 0.6) is 11.5 Å². The quantitative estimate of drug-likeness (QED) is 0.800. The van der Waals surface area contributed by atoms with Crippen LogP contribution in [0.2, 0.25) is 0 Å². The Morgan fingerprint density at radius 3 is 2.82 bits per heavy atom. The van der Waals surface area contributed by atoms with E-state index in [1.807, 2.05) is 39.0 Å². The largest absolute Gasteiger partial charge is 0.497 e. The average molecular weight is 303 g/mol. The van der Waals surface area contributed by atoms with Crippen molar-refractivity contribution >= 4 is 11.7 Å². The summed E-state index contributed by atoms with van der Waals surface area (Å²) in [6.45, 7) is 6.59. The zero-order valence-electron chi connectivity index (χ0n) is 13.4. The van der Waals surface area contributed by atoms with E-state index in [1.165, 1.54) is 0 Å². The highest BCUT2D eigenvalue weighted by molar-refractivity contribution is 5.83. The van der Waals surface area contributed by atoms with Crippen LogP contribution in [0.25, 0.3) is 5.57 Å². The zero-order chi connectivity index (χ0) is 15.9. The van der Waals surface area contributed by atoms with Crippen LogP contribution in [-0.2, 0) is 4.74 Å². The van der Waals surface area contributed by atoms with E-state index in [0.717, 1.165) is 22.6 Å². The molecule has 1 amide bonds. The van der Waals surface area contributed by atoms with Crippen molar-refractivity contribution in [1.29, 1.82) is 0 Å². The second-order valence-electron chi connectivity index (χ2n) is 6.48. The highest BCUT2D eigenvalue weighted by atomic mass is 16.6. The van der Waals surface area contributed by atoms with Crippen LogP contribution in [0.15, 0.2) is 24.3 Å². The fraction of sp³-hybridized carbons (Fsp3) is 0.471. The summed E-state index contributed by atoms with van der Waals surface area (Å²) in [6.07, 6.45) is 1.77. The number of carbonyl (C=O) groups is 1. The lowest BCUT2D eigenvalue weighted by Crippen LogP contribution is -2.44. The molecule has 0 aromatic heterocycles. The Balaban J connectivity index is 1.82. The molecule has 5 nitrogen and oxygen atoms in total. The van der Waals surface area contributed by atoms with Gasteiger partial charge in [-0.1, -0.05) is 6.08 Å². The van der Waals surface area contributed by atoms with E-state index in [0.29, 0.717) is 13.2 Å². The van der Waals surface area contributed by atoms with Crippen LogP contribution in [0, 0.1) is 0 Å². The summed E-state index contributed by atoms with van der Waals surface area (Å²) in [5.41, 5.74) is 1.64. The number of ether oxygens (including phenoxy) is 3. The fourth-order valence-corrected chi connectivity index (χ4v) is 2.78. The van der Waals surface area contributed by atoms with Crippen molar-refractivity contribution in [3.8, 4) is 11.5 Å². The molecule has 0 N–H and O–H groups in total. The summed E-state index contributed by atoms with van der Waals surface area (Å²) in [6, 6.07) is 5.67. The molecule has 0 spiro atoms. The topological polar surface area (TPSA) is 48.0 Å². The maximum absolute atomic E-state index is 12.3. The van der Waals surface area contributed by atoms with Crippen LogP contribution in [0.3, 0.4) is 0 Å². The Morgan fingerprint density at radius 1 is 1.36 bits per heavy atom. The number of nitrogens with zero attached hydrogens (tertiary/aromatic N) is 1. The minimum absolute atomic E-state index is 0.0873. The lowest BCUT2D eigenvalue weighted by Gasteiger charge is -2.33. The van der Waals surface area contributed by atoms with Gasteiger partial charge in [-0.25, -0.2) is 4.79 Å². The second-order valence-corrected chi connectivity index (χ2v) is 6.48. The van der Waals surface area contributed by atoms with Crippen molar-refractivity contribution in [3.63, 3.8) is 0 Å². The van der Waals surface area contributed by atoms with E-state index in [9.17, 15) is 4.79 Å². The van der Waals surface area contributed by atoms with E-state index in [4.69, 9.17) is 14.2 Å². The minimum Gasteiger partial charge on any atom is -0.497 e. The molecule has 5 heteroatoms. The Morgan fingerprint density at radius 2 is 2.14 bits per heavy atom. The molecule has 0 radical (unpaired) electrons. The number of methoxy groups -OCH3 is 1. The summed E-state index contributed by atoms with van der Waals surface area (Å²) < 4.78 is 16.5.